The van der Waals surface area contributed by atoms with Crippen LogP contribution in [0.2, 0.25) is 0 Å². The van der Waals surface area contributed by atoms with Gasteiger partial charge in [0.05, 0.1) is 18.1 Å². The van der Waals surface area contributed by atoms with Gasteiger partial charge in [0.1, 0.15) is 5.92 Å². The van der Waals surface area contributed by atoms with Crippen LogP contribution in [0, 0.1) is 25.7 Å². The lowest BCUT2D eigenvalue weighted by Crippen LogP contribution is -2.39. The molecule has 1 fully saturated rings. The molecule has 5 heteroatoms. The van der Waals surface area contributed by atoms with E-state index in [4.69, 9.17) is 4.74 Å². The van der Waals surface area contributed by atoms with Gasteiger partial charge in [0.25, 0.3) is 0 Å². The highest BCUT2D eigenvalue weighted by Crippen LogP contribution is 2.40. The van der Waals surface area contributed by atoms with Gasteiger partial charge in [-0.15, -0.1) is 0 Å². The van der Waals surface area contributed by atoms with Crippen LogP contribution in [0.5, 0.6) is 0 Å². The number of rotatable bonds is 3. The fourth-order valence-corrected chi connectivity index (χ4v) is 3.02. The Morgan fingerprint density at radius 3 is 2.48 bits per heavy atom. The van der Waals surface area contributed by atoms with Crippen molar-refractivity contribution in [3.8, 4) is 0 Å². The minimum atomic E-state index is -0.993. The average molecular weight is 287 g/mol. The maximum Gasteiger partial charge on any atom is 0.310 e. The number of fused-ring (bicyclic) bond motifs is 2. The number of carbonyl (C=O) groups excluding carboxylic acids is 1. The lowest BCUT2D eigenvalue weighted by Gasteiger charge is -2.21. The van der Waals surface area contributed by atoms with Crippen molar-refractivity contribution >= 4 is 17.6 Å². The van der Waals surface area contributed by atoms with Crippen molar-refractivity contribution in [2.75, 3.05) is 5.32 Å². The molecular weight excluding hydrogens is 270 g/mol. The number of hydrogen-bond donors (Lipinski definition) is 2. The van der Waals surface area contributed by atoms with E-state index in [1.165, 1.54) is 0 Å². The molecule has 0 aromatic heterocycles. The van der Waals surface area contributed by atoms with Crippen molar-refractivity contribution in [1.29, 1.82) is 0 Å². The maximum atomic E-state index is 12.5. The topological polar surface area (TPSA) is 75.6 Å². The molecule has 0 saturated carbocycles. The molecule has 1 saturated heterocycles. The number of carboxylic acids is 1. The monoisotopic (exact) mass is 287 g/mol. The minimum absolute atomic E-state index is 0.298. The van der Waals surface area contributed by atoms with Gasteiger partial charge in [0.2, 0.25) is 5.91 Å². The van der Waals surface area contributed by atoms with E-state index in [9.17, 15) is 14.7 Å². The number of amides is 1. The Kier molecular flexibility index (Phi) is 3.29. The van der Waals surface area contributed by atoms with Crippen LogP contribution in [0.4, 0.5) is 5.69 Å². The van der Waals surface area contributed by atoms with Gasteiger partial charge in [-0.3, -0.25) is 9.59 Å². The van der Waals surface area contributed by atoms with E-state index in [-0.39, 0.29) is 5.91 Å². The average Bonchev–Trinajstić information content (AvgIpc) is 3.04. The van der Waals surface area contributed by atoms with Crippen molar-refractivity contribution in [3.05, 3.63) is 41.5 Å². The van der Waals surface area contributed by atoms with Gasteiger partial charge in [-0.05, 0) is 31.0 Å². The van der Waals surface area contributed by atoms with Crippen molar-refractivity contribution in [3.63, 3.8) is 0 Å². The summed E-state index contributed by atoms with van der Waals surface area (Å²) in [4.78, 5) is 23.9. The normalized spacial score (nSPS) is 29.6. The minimum Gasteiger partial charge on any atom is -0.481 e. The van der Waals surface area contributed by atoms with Crippen LogP contribution in [0.3, 0.4) is 0 Å². The molecule has 0 radical (unpaired) electrons. The molecule has 0 spiro atoms. The Morgan fingerprint density at radius 2 is 1.81 bits per heavy atom. The highest BCUT2D eigenvalue weighted by molar-refractivity contribution is 5.97. The SMILES string of the molecule is Cc1cccc(NC(=O)[C@H]2[C@@H](C(=O)O)[C@@H]3C=C[C@@H]2O3)c1C. The molecule has 0 unspecified atom stereocenters. The molecule has 110 valence electrons. The summed E-state index contributed by atoms with van der Waals surface area (Å²) in [6, 6.07) is 5.65. The van der Waals surface area contributed by atoms with Gasteiger partial charge < -0.3 is 15.2 Å². The van der Waals surface area contributed by atoms with Crippen molar-refractivity contribution in [2.45, 2.75) is 26.1 Å². The summed E-state index contributed by atoms with van der Waals surface area (Å²) in [5.41, 5.74) is 2.78. The summed E-state index contributed by atoms with van der Waals surface area (Å²) in [6.45, 7) is 3.89. The molecule has 2 heterocycles. The van der Waals surface area contributed by atoms with Crippen LogP contribution in [-0.4, -0.2) is 29.2 Å². The molecule has 4 atom stereocenters. The molecular formula is C16H17NO4. The van der Waals surface area contributed by atoms with Crippen molar-refractivity contribution in [2.24, 2.45) is 11.8 Å². The van der Waals surface area contributed by atoms with Crippen LogP contribution >= 0.6 is 0 Å². The highest BCUT2D eigenvalue weighted by atomic mass is 16.5. The van der Waals surface area contributed by atoms with Crippen LogP contribution < -0.4 is 5.32 Å². The van der Waals surface area contributed by atoms with Gasteiger partial charge in [-0.2, -0.15) is 0 Å². The third-order valence-corrected chi connectivity index (χ3v) is 4.35. The highest BCUT2D eigenvalue weighted by Gasteiger charge is 2.53. The Balaban J connectivity index is 1.84. The summed E-state index contributed by atoms with van der Waals surface area (Å²) in [5.74, 6) is -2.79. The summed E-state index contributed by atoms with van der Waals surface area (Å²) >= 11 is 0. The summed E-state index contributed by atoms with van der Waals surface area (Å²) in [6.07, 6.45) is 2.56. The van der Waals surface area contributed by atoms with Gasteiger partial charge in [0.15, 0.2) is 0 Å². The number of carbonyl (C=O) groups is 2. The number of hydrogen-bond acceptors (Lipinski definition) is 3. The molecule has 0 aliphatic carbocycles. The van der Waals surface area contributed by atoms with E-state index in [0.29, 0.717) is 0 Å². The summed E-state index contributed by atoms with van der Waals surface area (Å²) in [7, 11) is 0. The number of nitrogens with one attached hydrogen (secondary N) is 1. The fraction of sp³-hybridized carbons (Fsp3) is 0.375. The number of aliphatic carboxylic acids is 1. The molecule has 2 N–H and O–H groups in total. The molecule has 5 nitrogen and oxygen atoms in total. The molecule has 2 bridgehead atoms. The first-order valence-corrected chi connectivity index (χ1v) is 6.92. The van der Waals surface area contributed by atoms with E-state index in [2.05, 4.69) is 5.32 Å². The van der Waals surface area contributed by atoms with E-state index in [0.717, 1.165) is 16.8 Å². The van der Waals surface area contributed by atoms with E-state index >= 15 is 0 Å². The molecule has 2 aliphatic rings. The first-order valence-electron chi connectivity index (χ1n) is 6.92. The van der Waals surface area contributed by atoms with Gasteiger partial charge >= 0.3 is 5.97 Å². The van der Waals surface area contributed by atoms with Gasteiger partial charge in [0, 0.05) is 5.69 Å². The first kappa shape index (κ1) is 13.8. The molecule has 1 aromatic rings. The third kappa shape index (κ3) is 2.23. The largest absolute Gasteiger partial charge is 0.481 e. The zero-order chi connectivity index (χ0) is 15.1. The zero-order valence-corrected chi connectivity index (χ0v) is 11.9. The zero-order valence-electron chi connectivity index (χ0n) is 11.9. The second kappa shape index (κ2) is 5.00. The number of anilines is 1. The molecule has 2 aliphatic heterocycles. The Labute approximate surface area is 122 Å². The maximum absolute atomic E-state index is 12.5. The van der Waals surface area contributed by atoms with E-state index < -0.39 is 30.0 Å². The second-order valence-electron chi connectivity index (χ2n) is 5.58. The fourth-order valence-electron chi connectivity index (χ4n) is 3.02. The predicted octanol–water partition coefficient (Wildman–Crippen LogP) is 1.90. The van der Waals surface area contributed by atoms with Crippen molar-refractivity contribution in [1.82, 2.24) is 0 Å². The van der Waals surface area contributed by atoms with Gasteiger partial charge in [-0.1, -0.05) is 24.3 Å². The number of carboxylic acid groups (broad SMARTS) is 1. The summed E-state index contributed by atoms with van der Waals surface area (Å²) < 4.78 is 5.52. The Morgan fingerprint density at radius 1 is 1.14 bits per heavy atom. The molecule has 1 aromatic carbocycles. The van der Waals surface area contributed by atoms with Crippen LogP contribution in [0.25, 0.3) is 0 Å². The lowest BCUT2D eigenvalue weighted by molar-refractivity contribution is -0.145. The Bertz CT molecular complexity index is 637. The van der Waals surface area contributed by atoms with E-state index in [1.807, 2.05) is 32.0 Å². The first-order chi connectivity index (χ1) is 9.99. The van der Waals surface area contributed by atoms with Crippen LogP contribution in [-0.2, 0) is 14.3 Å². The summed E-state index contributed by atoms with van der Waals surface area (Å²) in [5, 5.41) is 12.2. The molecule has 1 amide bonds. The smallest absolute Gasteiger partial charge is 0.310 e. The van der Waals surface area contributed by atoms with Crippen molar-refractivity contribution < 1.29 is 19.4 Å². The van der Waals surface area contributed by atoms with Crippen LogP contribution in [0.1, 0.15) is 11.1 Å². The standard InChI is InChI=1S/C16H17NO4/c1-8-4-3-5-10(9(8)2)17-15(18)13-11-6-7-12(21-11)14(13)16(19)20/h3-7,11-14H,1-2H3,(H,17,18)(H,19,20)/t11-,12-,13+,14-/m0/s1. The van der Waals surface area contributed by atoms with Crippen LogP contribution in [0.15, 0.2) is 30.4 Å². The quantitative estimate of drug-likeness (QED) is 0.833. The lowest BCUT2D eigenvalue weighted by atomic mass is 9.82. The Hall–Kier alpha value is -2.14. The predicted molar refractivity (Wildman–Crippen MR) is 77.0 cm³/mol. The second-order valence-corrected chi connectivity index (χ2v) is 5.58. The van der Waals surface area contributed by atoms with E-state index in [1.54, 1.807) is 12.2 Å². The number of aryl methyl sites for hydroxylation is 1. The number of ether oxygens (including phenoxy) is 1. The molecule has 3 rings (SSSR count). The number of benzene rings is 1. The third-order valence-electron chi connectivity index (χ3n) is 4.35. The van der Waals surface area contributed by atoms with Gasteiger partial charge in [-0.25, -0.2) is 0 Å². The molecule has 21 heavy (non-hydrogen) atoms.